The van der Waals surface area contributed by atoms with Gasteiger partial charge >= 0.3 is 0 Å². The Morgan fingerprint density at radius 3 is 2.13 bits per heavy atom. The Labute approximate surface area is 274 Å². The molecule has 2 aromatic carbocycles. The molecule has 0 bridgehead atoms. The molecule has 1 aliphatic carbocycles. The molecule has 9 nitrogen and oxygen atoms in total. The van der Waals surface area contributed by atoms with E-state index in [1.54, 1.807) is 24.3 Å². The van der Waals surface area contributed by atoms with E-state index >= 15 is 0 Å². The first-order valence-corrected chi connectivity index (χ1v) is 18.3. The van der Waals surface area contributed by atoms with Gasteiger partial charge in [0, 0.05) is 18.8 Å². The molecular formula is C34H49ClN4O5S. The summed E-state index contributed by atoms with van der Waals surface area (Å²) in [6.07, 6.45) is 11.7. The summed E-state index contributed by atoms with van der Waals surface area (Å²) in [6, 6.07) is 14.1. The lowest BCUT2D eigenvalue weighted by Crippen LogP contribution is -2.66. The van der Waals surface area contributed by atoms with Gasteiger partial charge < -0.3 is 15.0 Å². The number of piperazine rings is 1. The summed E-state index contributed by atoms with van der Waals surface area (Å²) in [5.41, 5.74) is 1.67. The highest BCUT2D eigenvalue weighted by Crippen LogP contribution is 2.32. The number of amides is 2. The van der Waals surface area contributed by atoms with E-state index in [2.05, 4.69) is 34.0 Å². The number of piperidine rings is 1. The number of nitrogens with zero attached hydrogens (tertiary/aromatic N) is 2. The summed E-state index contributed by atoms with van der Waals surface area (Å²) in [5, 5.41) is 3.17. The molecular weight excluding hydrogens is 612 g/mol. The van der Waals surface area contributed by atoms with Gasteiger partial charge in [0.05, 0.1) is 6.26 Å². The van der Waals surface area contributed by atoms with Gasteiger partial charge in [-0.2, -0.15) is 0 Å². The Morgan fingerprint density at radius 1 is 0.911 bits per heavy atom. The maximum absolute atomic E-state index is 13.7. The second kappa shape index (κ2) is 16.1. The van der Waals surface area contributed by atoms with Crippen molar-refractivity contribution in [2.24, 2.45) is 11.8 Å². The number of benzene rings is 2. The van der Waals surface area contributed by atoms with Gasteiger partial charge in [-0.1, -0.05) is 57.6 Å². The minimum atomic E-state index is -3.32. The Kier molecular flexibility index (Phi) is 12.6. The average molecular weight is 661 g/mol. The Hall–Kier alpha value is -2.82. The van der Waals surface area contributed by atoms with E-state index < -0.39 is 10.0 Å². The van der Waals surface area contributed by atoms with E-state index in [1.165, 1.54) is 37.7 Å². The fraction of sp³-hybridized carbons (Fsp3) is 0.588. The van der Waals surface area contributed by atoms with Gasteiger partial charge in [0.15, 0.2) is 0 Å². The minimum Gasteiger partial charge on any atom is -0.457 e. The zero-order valence-corrected chi connectivity index (χ0v) is 28.2. The number of unbranched alkanes of at least 4 members (excludes halogenated alkanes) is 1. The van der Waals surface area contributed by atoms with Crippen LogP contribution in [0.5, 0.6) is 11.5 Å². The van der Waals surface area contributed by atoms with Crippen LogP contribution in [0.3, 0.4) is 0 Å². The van der Waals surface area contributed by atoms with Crippen molar-refractivity contribution in [3.8, 4) is 11.5 Å². The molecule has 45 heavy (non-hydrogen) atoms. The zero-order chi connectivity index (χ0) is 31.1. The van der Waals surface area contributed by atoms with E-state index in [0.717, 1.165) is 58.0 Å². The van der Waals surface area contributed by atoms with Crippen molar-refractivity contribution in [1.29, 1.82) is 0 Å². The van der Waals surface area contributed by atoms with E-state index in [4.69, 9.17) is 4.74 Å². The van der Waals surface area contributed by atoms with Gasteiger partial charge in [0.2, 0.25) is 21.8 Å². The molecule has 3 fully saturated rings. The molecule has 0 radical (unpaired) electrons. The quantitative estimate of drug-likeness (QED) is 0.291. The van der Waals surface area contributed by atoms with Crippen LogP contribution in [0.4, 0.5) is 5.69 Å². The molecule has 2 heterocycles. The standard InChI is InChI=1S/C34H48N4O5S.ClH/c1-3-4-20-38-32(33(39)35-31(34(38)40)23-25-8-6-5-7-9-25)27-18-21-37(22-19-27)24-26-10-14-29(15-11-26)43-30-16-12-28(13-17-30)36-44(2,41)42;/h10-17,25,27,31-32,36H,3-9,18-24H2,1-2H3,(H,35,39);1H/t31-,32?;/m0./s1. The number of anilines is 1. The van der Waals surface area contributed by atoms with Crippen molar-refractivity contribution < 1.29 is 22.7 Å². The molecule has 1 unspecified atom stereocenters. The maximum Gasteiger partial charge on any atom is 0.245 e. The molecule has 0 aromatic heterocycles. The zero-order valence-electron chi connectivity index (χ0n) is 26.6. The number of sulfonamides is 1. The number of hydrogen-bond donors (Lipinski definition) is 2. The summed E-state index contributed by atoms with van der Waals surface area (Å²) in [6.45, 7) is 5.41. The molecule has 2 saturated heterocycles. The first-order chi connectivity index (χ1) is 21.2. The SMILES string of the molecule is CCCCN1C(=O)[C@H](CC2CCCCC2)NC(=O)C1C1CCN(Cc2ccc(Oc3ccc(NS(C)(=O)=O)cc3)cc2)CC1.Cl. The highest BCUT2D eigenvalue weighted by atomic mass is 35.5. The van der Waals surface area contributed by atoms with Gasteiger partial charge in [0.25, 0.3) is 0 Å². The lowest BCUT2D eigenvalue weighted by Gasteiger charge is -2.45. The van der Waals surface area contributed by atoms with Gasteiger partial charge in [-0.25, -0.2) is 8.42 Å². The third kappa shape index (κ3) is 9.83. The normalized spacial score (nSPS) is 22.0. The molecule has 2 amide bonds. The number of ether oxygens (including phenoxy) is 1. The van der Waals surface area contributed by atoms with Crippen LogP contribution in [-0.2, 0) is 26.2 Å². The molecule has 2 atom stereocenters. The van der Waals surface area contributed by atoms with Gasteiger partial charge in [0.1, 0.15) is 23.6 Å². The third-order valence-electron chi connectivity index (χ3n) is 9.35. The van der Waals surface area contributed by atoms with Crippen molar-refractivity contribution >= 4 is 39.9 Å². The molecule has 248 valence electrons. The fourth-order valence-electron chi connectivity index (χ4n) is 7.05. The minimum absolute atomic E-state index is 0. The smallest absolute Gasteiger partial charge is 0.245 e. The van der Waals surface area contributed by atoms with E-state index in [0.29, 0.717) is 29.6 Å². The van der Waals surface area contributed by atoms with Crippen LogP contribution in [0.15, 0.2) is 48.5 Å². The Morgan fingerprint density at radius 2 is 1.53 bits per heavy atom. The van der Waals surface area contributed by atoms with Crippen LogP contribution in [0.2, 0.25) is 0 Å². The molecule has 2 aliphatic heterocycles. The lowest BCUT2D eigenvalue weighted by molar-refractivity contribution is -0.153. The fourth-order valence-corrected chi connectivity index (χ4v) is 7.61. The predicted molar refractivity (Wildman–Crippen MR) is 180 cm³/mol. The average Bonchev–Trinajstić information content (AvgIpc) is 3.00. The van der Waals surface area contributed by atoms with Crippen LogP contribution in [-0.4, -0.2) is 68.0 Å². The van der Waals surface area contributed by atoms with Crippen LogP contribution < -0.4 is 14.8 Å². The maximum atomic E-state index is 13.7. The van der Waals surface area contributed by atoms with Gasteiger partial charge in [-0.3, -0.25) is 19.2 Å². The van der Waals surface area contributed by atoms with Gasteiger partial charge in [-0.05, 0) is 92.6 Å². The van der Waals surface area contributed by atoms with Crippen molar-refractivity contribution in [2.75, 3.05) is 30.6 Å². The summed E-state index contributed by atoms with van der Waals surface area (Å²) in [5.74, 6) is 2.24. The second-order valence-electron chi connectivity index (χ2n) is 12.9. The number of carbonyl (C=O) groups is 2. The summed E-state index contributed by atoms with van der Waals surface area (Å²) >= 11 is 0. The van der Waals surface area contributed by atoms with Crippen molar-refractivity contribution in [3.63, 3.8) is 0 Å². The second-order valence-corrected chi connectivity index (χ2v) is 14.6. The highest BCUT2D eigenvalue weighted by Gasteiger charge is 2.45. The van der Waals surface area contributed by atoms with Crippen LogP contribution in [0.1, 0.15) is 76.7 Å². The first kappa shape index (κ1) is 35.0. The van der Waals surface area contributed by atoms with Crippen LogP contribution in [0, 0.1) is 11.8 Å². The van der Waals surface area contributed by atoms with Crippen molar-refractivity contribution in [1.82, 2.24) is 15.1 Å². The number of nitrogens with one attached hydrogen (secondary N) is 2. The van der Waals surface area contributed by atoms with E-state index in [9.17, 15) is 18.0 Å². The molecule has 0 spiro atoms. The topological polar surface area (TPSA) is 108 Å². The molecule has 2 aromatic rings. The van der Waals surface area contributed by atoms with E-state index in [1.807, 2.05) is 17.0 Å². The molecule has 3 aliphatic rings. The number of halogens is 1. The van der Waals surface area contributed by atoms with Crippen LogP contribution >= 0.6 is 12.4 Å². The predicted octanol–water partition coefficient (Wildman–Crippen LogP) is 5.95. The summed E-state index contributed by atoms with van der Waals surface area (Å²) in [7, 11) is -3.32. The summed E-state index contributed by atoms with van der Waals surface area (Å²) < 4.78 is 31.2. The molecule has 11 heteroatoms. The first-order valence-electron chi connectivity index (χ1n) is 16.4. The monoisotopic (exact) mass is 660 g/mol. The third-order valence-corrected chi connectivity index (χ3v) is 9.96. The van der Waals surface area contributed by atoms with Crippen LogP contribution in [0.25, 0.3) is 0 Å². The van der Waals surface area contributed by atoms with Gasteiger partial charge in [-0.15, -0.1) is 12.4 Å². The molecule has 2 N–H and O–H groups in total. The summed E-state index contributed by atoms with van der Waals surface area (Å²) in [4.78, 5) is 31.6. The van der Waals surface area contributed by atoms with E-state index in [-0.39, 0.29) is 42.2 Å². The highest BCUT2D eigenvalue weighted by molar-refractivity contribution is 7.92. The van der Waals surface area contributed by atoms with Crippen molar-refractivity contribution in [2.45, 2.75) is 89.8 Å². The largest absolute Gasteiger partial charge is 0.457 e. The molecule has 1 saturated carbocycles. The van der Waals surface area contributed by atoms with Crippen molar-refractivity contribution in [3.05, 3.63) is 54.1 Å². The Balaban J connectivity index is 0.00000461. The number of rotatable bonds is 12. The molecule has 5 rings (SSSR count). The number of carbonyl (C=O) groups excluding carboxylic acids is 2. The number of hydrogen-bond acceptors (Lipinski definition) is 6. The number of likely N-dealkylation sites (tertiary alicyclic amines) is 1. The lowest BCUT2D eigenvalue weighted by atomic mass is 9.82. The Bertz CT molecular complexity index is 1360.